The lowest BCUT2D eigenvalue weighted by molar-refractivity contribution is -0.699. The van der Waals surface area contributed by atoms with Gasteiger partial charge in [-0.05, 0) is 17.7 Å². The molecule has 0 spiro atoms. The van der Waals surface area contributed by atoms with Gasteiger partial charge in [0.15, 0.2) is 12.4 Å². The molecule has 1 heterocycles. The normalized spacial score (nSPS) is 11.5. The highest BCUT2D eigenvalue weighted by Crippen LogP contribution is 2.18. The van der Waals surface area contributed by atoms with Crippen molar-refractivity contribution in [3.05, 3.63) is 53.9 Å². The van der Waals surface area contributed by atoms with Crippen LogP contribution in [0.2, 0.25) is 0 Å². The van der Waals surface area contributed by atoms with Crippen LogP contribution in [0.1, 0.15) is 24.0 Å². The van der Waals surface area contributed by atoms with Crippen LogP contribution >= 0.6 is 0 Å². The molecule has 0 saturated heterocycles. The van der Waals surface area contributed by atoms with Crippen molar-refractivity contribution in [2.24, 2.45) is 0 Å². The Morgan fingerprint density at radius 3 is 2.46 bits per heavy atom. The SMILES string of the molecule is C#CCCC[n+]1ccc(/C=C/c2ccc(N(C)C)cc2)c(S(=O)(=O)[O-])c1. The number of terminal acetylenes is 1. The molecule has 0 amide bonds. The lowest BCUT2D eigenvalue weighted by Crippen LogP contribution is -2.34. The van der Waals surface area contributed by atoms with Gasteiger partial charge in [0.25, 0.3) is 0 Å². The Kier molecular flexibility index (Phi) is 6.56. The summed E-state index contributed by atoms with van der Waals surface area (Å²) in [7, 11) is -0.663. The molecule has 0 radical (unpaired) electrons. The summed E-state index contributed by atoms with van der Waals surface area (Å²) in [6.07, 6.45) is 13.1. The average molecular weight is 370 g/mol. The number of hydrogen-bond acceptors (Lipinski definition) is 4. The zero-order valence-corrected chi connectivity index (χ0v) is 15.7. The minimum absolute atomic E-state index is 0.234. The molecule has 0 bridgehead atoms. The topological polar surface area (TPSA) is 64.3 Å². The number of rotatable bonds is 7. The summed E-state index contributed by atoms with van der Waals surface area (Å²) < 4.78 is 36.6. The number of anilines is 1. The Balaban J connectivity index is 2.28. The first kappa shape index (κ1) is 19.7. The first-order valence-electron chi connectivity index (χ1n) is 8.19. The van der Waals surface area contributed by atoms with Gasteiger partial charge in [0.1, 0.15) is 21.6 Å². The van der Waals surface area contributed by atoms with Crippen LogP contribution in [0.4, 0.5) is 5.69 Å². The lowest BCUT2D eigenvalue weighted by atomic mass is 10.1. The van der Waals surface area contributed by atoms with Gasteiger partial charge in [-0.25, -0.2) is 13.0 Å². The summed E-state index contributed by atoms with van der Waals surface area (Å²) in [5.41, 5.74) is 2.35. The molecule has 2 rings (SSSR count). The third-order valence-electron chi connectivity index (χ3n) is 3.88. The van der Waals surface area contributed by atoms with Crippen molar-refractivity contribution < 1.29 is 17.5 Å². The Bertz CT molecular complexity index is 925. The van der Waals surface area contributed by atoms with Crippen molar-refractivity contribution in [3.63, 3.8) is 0 Å². The highest BCUT2D eigenvalue weighted by Gasteiger charge is 2.13. The largest absolute Gasteiger partial charge is 0.744 e. The van der Waals surface area contributed by atoms with Crippen molar-refractivity contribution in [3.8, 4) is 12.3 Å². The lowest BCUT2D eigenvalue weighted by Gasteiger charge is -2.12. The number of pyridine rings is 1. The zero-order chi connectivity index (χ0) is 19.2. The summed E-state index contributed by atoms with van der Waals surface area (Å²) in [6, 6.07) is 9.43. The van der Waals surface area contributed by atoms with Crippen molar-refractivity contribution in [2.75, 3.05) is 19.0 Å². The minimum atomic E-state index is -4.58. The number of unbranched alkanes of at least 4 members (excludes halogenated alkanes) is 1. The third-order valence-corrected chi connectivity index (χ3v) is 4.76. The van der Waals surface area contributed by atoms with Gasteiger partial charge in [0.05, 0.1) is 0 Å². The van der Waals surface area contributed by atoms with Gasteiger partial charge in [0.2, 0.25) is 0 Å². The smallest absolute Gasteiger partial charge is 0.187 e. The van der Waals surface area contributed by atoms with E-state index in [-0.39, 0.29) is 4.90 Å². The molecule has 0 saturated carbocycles. The second-order valence-corrected chi connectivity index (χ2v) is 7.43. The Hall–Kier alpha value is -2.62. The fraction of sp³-hybridized carbons (Fsp3) is 0.250. The minimum Gasteiger partial charge on any atom is -0.744 e. The van der Waals surface area contributed by atoms with Crippen molar-refractivity contribution >= 4 is 28.0 Å². The fourth-order valence-electron chi connectivity index (χ4n) is 2.45. The first-order chi connectivity index (χ1) is 12.3. The van der Waals surface area contributed by atoms with Crippen LogP contribution < -0.4 is 9.47 Å². The molecule has 1 aromatic heterocycles. The molecule has 1 aromatic carbocycles. The fourth-order valence-corrected chi connectivity index (χ4v) is 3.13. The predicted octanol–water partition coefficient (Wildman–Crippen LogP) is 2.53. The van der Waals surface area contributed by atoms with E-state index in [1.165, 1.54) is 6.20 Å². The van der Waals surface area contributed by atoms with E-state index >= 15 is 0 Å². The molecule has 0 unspecified atom stereocenters. The number of hydrogen-bond donors (Lipinski definition) is 0. The van der Waals surface area contributed by atoms with Gasteiger partial charge < -0.3 is 9.45 Å². The number of aryl methyl sites for hydroxylation is 1. The van der Waals surface area contributed by atoms with Gasteiger partial charge >= 0.3 is 0 Å². The van der Waals surface area contributed by atoms with Crippen molar-refractivity contribution in [1.29, 1.82) is 0 Å². The van der Waals surface area contributed by atoms with E-state index in [4.69, 9.17) is 6.42 Å². The molecule has 2 aromatic rings. The number of nitrogens with zero attached hydrogens (tertiary/aromatic N) is 2. The highest BCUT2D eigenvalue weighted by atomic mass is 32.2. The van der Waals surface area contributed by atoms with Crippen molar-refractivity contribution in [2.45, 2.75) is 24.3 Å². The van der Waals surface area contributed by atoms with Crippen LogP contribution in [0.3, 0.4) is 0 Å². The Labute approximate surface area is 155 Å². The van der Waals surface area contributed by atoms with Crippen molar-refractivity contribution in [1.82, 2.24) is 0 Å². The molecule has 6 heteroatoms. The maximum atomic E-state index is 11.6. The summed E-state index contributed by atoms with van der Waals surface area (Å²) >= 11 is 0. The number of benzene rings is 1. The van der Waals surface area contributed by atoms with E-state index < -0.39 is 10.1 Å². The summed E-state index contributed by atoms with van der Waals surface area (Å²) in [6.45, 7) is 0.558. The van der Waals surface area contributed by atoms with Crippen LogP contribution in [0.5, 0.6) is 0 Å². The first-order valence-corrected chi connectivity index (χ1v) is 9.60. The molecule has 0 aliphatic carbocycles. The van der Waals surface area contributed by atoms with Crippen LogP contribution in [0.15, 0.2) is 47.6 Å². The second kappa shape index (κ2) is 8.65. The molecule has 0 N–H and O–H groups in total. The van der Waals surface area contributed by atoms with Gasteiger partial charge in [-0.3, -0.25) is 0 Å². The average Bonchev–Trinajstić information content (AvgIpc) is 2.60. The van der Waals surface area contributed by atoms with E-state index in [2.05, 4.69) is 5.92 Å². The van der Waals surface area contributed by atoms with E-state index in [0.717, 1.165) is 11.3 Å². The van der Waals surface area contributed by atoms with Crippen LogP contribution in [0.25, 0.3) is 12.2 Å². The molecule has 26 heavy (non-hydrogen) atoms. The van der Waals surface area contributed by atoms with Gasteiger partial charge in [0, 0.05) is 44.3 Å². The molecule has 136 valence electrons. The Morgan fingerprint density at radius 1 is 1.19 bits per heavy atom. The number of aromatic nitrogens is 1. The summed E-state index contributed by atoms with van der Waals surface area (Å²) in [5, 5.41) is 0. The molecular formula is C20H22N2O3S. The zero-order valence-electron chi connectivity index (χ0n) is 14.9. The van der Waals surface area contributed by atoms with E-state index in [1.54, 1.807) is 29.0 Å². The van der Waals surface area contributed by atoms with E-state index in [9.17, 15) is 13.0 Å². The quantitative estimate of drug-likeness (QED) is 0.325. The van der Waals surface area contributed by atoms with Gasteiger partial charge in [-0.1, -0.05) is 24.3 Å². The standard InChI is InChI=1S/C20H22N2O3S/c1-4-5-6-14-22-15-13-18(20(16-22)26(23,24)25)10-7-17-8-11-19(12-9-17)21(2)3/h1,7-13,15-16H,5-6,14H2,2-3H3. The maximum absolute atomic E-state index is 11.6. The molecule has 0 aliphatic heterocycles. The molecule has 0 atom stereocenters. The van der Waals surface area contributed by atoms with Crippen LogP contribution in [0, 0.1) is 12.3 Å². The monoisotopic (exact) mass is 370 g/mol. The molecule has 0 fully saturated rings. The molecular weight excluding hydrogens is 348 g/mol. The Morgan fingerprint density at radius 2 is 1.88 bits per heavy atom. The predicted molar refractivity (Wildman–Crippen MR) is 102 cm³/mol. The van der Waals surface area contributed by atoms with Gasteiger partial charge in [-0.15, -0.1) is 12.3 Å². The van der Waals surface area contributed by atoms with E-state index in [1.807, 2.05) is 43.3 Å². The highest BCUT2D eigenvalue weighted by molar-refractivity contribution is 7.85. The van der Waals surface area contributed by atoms with E-state index in [0.29, 0.717) is 24.9 Å². The van der Waals surface area contributed by atoms with Gasteiger partial charge in [-0.2, -0.15) is 0 Å². The summed E-state index contributed by atoms with van der Waals surface area (Å²) in [5.74, 6) is 2.54. The second-order valence-electron chi connectivity index (χ2n) is 6.08. The maximum Gasteiger partial charge on any atom is 0.187 e. The van der Waals surface area contributed by atoms with Crippen LogP contribution in [-0.2, 0) is 16.7 Å². The third kappa shape index (κ3) is 5.45. The molecule has 5 nitrogen and oxygen atoms in total. The molecule has 0 aliphatic rings. The summed E-state index contributed by atoms with van der Waals surface area (Å²) in [4.78, 5) is 1.76. The van der Waals surface area contributed by atoms with Crippen LogP contribution in [-0.4, -0.2) is 27.1 Å².